The van der Waals surface area contributed by atoms with E-state index in [0.717, 1.165) is 18.7 Å². The quantitative estimate of drug-likeness (QED) is 0.216. The first kappa shape index (κ1) is 32.4. The molecule has 4 heterocycles. The summed E-state index contributed by atoms with van der Waals surface area (Å²) in [4.78, 5) is 39.8. The zero-order valence-corrected chi connectivity index (χ0v) is 24.7. The van der Waals surface area contributed by atoms with Crippen LogP contribution in [0.5, 0.6) is 6.01 Å². The summed E-state index contributed by atoms with van der Waals surface area (Å²) in [5.74, 6) is 0.252. The molecule has 0 spiro atoms. The molecule has 1 aliphatic carbocycles. The third-order valence-corrected chi connectivity index (χ3v) is 7.28. The summed E-state index contributed by atoms with van der Waals surface area (Å²) in [6.07, 6.45) is 5.62. The van der Waals surface area contributed by atoms with Gasteiger partial charge in [0.2, 0.25) is 5.95 Å². The number of amides is 2. The molecule has 13 nitrogen and oxygen atoms in total. The van der Waals surface area contributed by atoms with Gasteiger partial charge in [-0.05, 0) is 38.2 Å². The number of hydrogen-bond donors (Lipinski definition) is 2. The van der Waals surface area contributed by atoms with Crippen LogP contribution < -0.4 is 20.3 Å². The van der Waals surface area contributed by atoms with Crippen LogP contribution in [0.3, 0.4) is 0 Å². The highest BCUT2D eigenvalue weighted by molar-refractivity contribution is 5.91. The van der Waals surface area contributed by atoms with Gasteiger partial charge in [-0.25, -0.2) is 34.4 Å². The molecule has 244 valence electrons. The second-order valence-corrected chi connectivity index (χ2v) is 10.4. The fourth-order valence-electron chi connectivity index (χ4n) is 5.01. The Balaban J connectivity index is 1.30. The van der Waals surface area contributed by atoms with Crippen LogP contribution in [-0.2, 0) is 6.18 Å². The van der Waals surface area contributed by atoms with Crippen LogP contribution in [0.25, 0.3) is 22.6 Å². The number of methoxy groups -OCH3 is 1. The maximum Gasteiger partial charge on any atom is 0.420 e. The molecule has 2 N–H and O–H groups in total. The van der Waals surface area contributed by atoms with E-state index in [0.29, 0.717) is 55.5 Å². The van der Waals surface area contributed by atoms with Crippen LogP contribution in [-0.4, -0.2) is 71.5 Å². The number of carbonyl (C=O) groups is 1. The van der Waals surface area contributed by atoms with Gasteiger partial charge in [0.05, 0.1) is 25.2 Å². The molecule has 2 amide bonds. The molecule has 1 aliphatic rings. The SMILES string of the molecule is CCCNC(=O)N(c1cnc(-c2cnc(OC)nc2)cn1)[C@H]1CC[C@H](Nc2ncc(C(F)(F)F)c(-c3ccn(C(F)F)n3)n2)CC1. The number of hydrogen-bond acceptors (Lipinski definition) is 10. The maximum absolute atomic E-state index is 13.7. The summed E-state index contributed by atoms with van der Waals surface area (Å²) in [5.41, 5.74) is -1.04. The van der Waals surface area contributed by atoms with Crippen LogP contribution in [0.4, 0.5) is 38.5 Å². The zero-order chi connectivity index (χ0) is 32.8. The highest BCUT2D eigenvalue weighted by atomic mass is 19.4. The largest absolute Gasteiger partial charge is 0.467 e. The first-order valence-electron chi connectivity index (χ1n) is 14.4. The Morgan fingerprint density at radius 2 is 1.76 bits per heavy atom. The van der Waals surface area contributed by atoms with Crippen molar-refractivity contribution in [1.82, 2.24) is 45.0 Å². The van der Waals surface area contributed by atoms with Crippen molar-refractivity contribution in [3.8, 4) is 28.7 Å². The molecule has 0 atom stereocenters. The van der Waals surface area contributed by atoms with Crippen molar-refractivity contribution < 1.29 is 31.5 Å². The van der Waals surface area contributed by atoms with E-state index in [4.69, 9.17) is 4.74 Å². The van der Waals surface area contributed by atoms with Gasteiger partial charge in [-0.2, -0.15) is 27.1 Å². The van der Waals surface area contributed by atoms with Crippen LogP contribution in [0.1, 0.15) is 51.1 Å². The van der Waals surface area contributed by atoms with Gasteiger partial charge in [0, 0.05) is 49.0 Å². The summed E-state index contributed by atoms with van der Waals surface area (Å²) < 4.78 is 72.3. The minimum Gasteiger partial charge on any atom is -0.467 e. The molecule has 0 aromatic carbocycles. The summed E-state index contributed by atoms with van der Waals surface area (Å²) in [6.45, 7) is -0.621. The minimum absolute atomic E-state index is 0.0976. The molecule has 5 rings (SSSR count). The molecule has 1 fully saturated rings. The smallest absolute Gasteiger partial charge is 0.420 e. The molecular formula is C28H30F5N11O2. The van der Waals surface area contributed by atoms with Gasteiger partial charge < -0.3 is 15.4 Å². The predicted octanol–water partition coefficient (Wildman–Crippen LogP) is 5.36. The molecule has 0 unspecified atom stereocenters. The number of anilines is 2. The summed E-state index contributed by atoms with van der Waals surface area (Å²) in [5, 5.41) is 9.50. The van der Waals surface area contributed by atoms with Gasteiger partial charge >= 0.3 is 24.8 Å². The number of ether oxygens (including phenoxy) is 1. The minimum atomic E-state index is -4.83. The van der Waals surface area contributed by atoms with E-state index in [1.54, 1.807) is 17.3 Å². The van der Waals surface area contributed by atoms with E-state index in [1.165, 1.54) is 19.5 Å². The van der Waals surface area contributed by atoms with Crippen molar-refractivity contribution in [3.05, 3.63) is 48.8 Å². The summed E-state index contributed by atoms with van der Waals surface area (Å²) in [6, 6.07) is 0.443. The Hall–Kier alpha value is -5.03. The lowest BCUT2D eigenvalue weighted by Gasteiger charge is -2.36. The molecule has 4 aromatic heterocycles. The number of alkyl halides is 5. The number of nitrogens with one attached hydrogen (secondary N) is 2. The number of carbonyl (C=O) groups excluding carboxylic acids is 1. The van der Waals surface area contributed by atoms with Crippen molar-refractivity contribution in [2.75, 3.05) is 23.9 Å². The number of urea groups is 1. The molecule has 1 saturated carbocycles. The fraction of sp³-hybridized carbons (Fsp3) is 0.429. The van der Waals surface area contributed by atoms with E-state index >= 15 is 0 Å². The highest BCUT2D eigenvalue weighted by Gasteiger charge is 2.37. The summed E-state index contributed by atoms with van der Waals surface area (Å²) in [7, 11) is 1.46. The maximum atomic E-state index is 13.7. The van der Waals surface area contributed by atoms with Gasteiger partial charge in [-0.15, -0.1) is 0 Å². The van der Waals surface area contributed by atoms with Gasteiger partial charge in [0.15, 0.2) is 5.82 Å². The first-order valence-corrected chi connectivity index (χ1v) is 14.4. The molecule has 0 bridgehead atoms. The van der Waals surface area contributed by atoms with E-state index in [1.807, 2.05) is 6.92 Å². The van der Waals surface area contributed by atoms with E-state index in [2.05, 4.69) is 45.6 Å². The molecule has 0 radical (unpaired) electrons. The number of nitrogens with zero attached hydrogens (tertiary/aromatic N) is 9. The van der Waals surface area contributed by atoms with Gasteiger partial charge in [0.1, 0.15) is 17.0 Å². The highest BCUT2D eigenvalue weighted by Crippen LogP contribution is 2.36. The second-order valence-electron chi connectivity index (χ2n) is 10.4. The fourth-order valence-corrected chi connectivity index (χ4v) is 5.01. The standard InChI is InChI=1S/C28H30F5N11O2/c1-3-9-34-27(45)44(22-15-35-21(14-36-22)16-11-38-26(46-2)39-12-16)18-6-4-17(5-7-18)40-25-37-13-19(28(31,32)33)23(41-25)20-8-10-43(42-20)24(29)30/h8,10-15,17-18,24H,3-7,9H2,1-2H3,(H,34,45)(H,37,40,41)/t17-,18-. The Bertz CT molecular complexity index is 1610. The molecule has 46 heavy (non-hydrogen) atoms. The third-order valence-electron chi connectivity index (χ3n) is 7.28. The predicted molar refractivity (Wildman–Crippen MR) is 155 cm³/mol. The van der Waals surface area contributed by atoms with Gasteiger partial charge in [-0.1, -0.05) is 6.92 Å². The van der Waals surface area contributed by atoms with Crippen molar-refractivity contribution in [1.29, 1.82) is 0 Å². The lowest BCUT2D eigenvalue weighted by atomic mass is 9.90. The number of aromatic nitrogens is 8. The average molecular weight is 648 g/mol. The average Bonchev–Trinajstić information content (AvgIpc) is 3.56. The van der Waals surface area contributed by atoms with Crippen LogP contribution in [0.2, 0.25) is 0 Å². The third kappa shape index (κ3) is 7.43. The Kier molecular flexibility index (Phi) is 9.81. The lowest BCUT2D eigenvalue weighted by molar-refractivity contribution is -0.137. The van der Waals surface area contributed by atoms with Crippen LogP contribution in [0.15, 0.2) is 43.2 Å². The molecule has 0 aliphatic heterocycles. The Morgan fingerprint density at radius 3 is 2.35 bits per heavy atom. The normalized spacial score (nSPS) is 16.7. The summed E-state index contributed by atoms with van der Waals surface area (Å²) >= 11 is 0. The topological polar surface area (TPSA) is 149 Å². The monoisotopic (exact) mass is 647 g/mol. The van der Waals surface area contributed by atoms with Crippen molar-refractivity contribution >= 4 is 17.8 Å². The van der Waals surface area contributed by atoms with E-state index in [-0.39, 0.29) is 40.4 Å². The number of rotatable bonds is 10. The van der Waals surface area contributed by atoms with Crippen molar-refractivity contribution in [2.45, 2.75) is 63.8 Å². The number of halogens is 5. The van der Waals surface area contributed by atoms with Crippen LogP contribution >= 0.6 is 0 Å². The molecule has 4 aromatic rings. The Labute approximate surface area is 259 Å². The second kappa shape index (κ2) is 13.9. The zero-order valence-electron chi connectivity index (χ0n) is 24.7. The van der Waals surface area contributed by atoms with Crippen molar-refractivity contribution in [2.24, 2.45) is 0 Å². The van der Waals surface area contributed by atoms with Crippen molar-refractivity contribution in [3.63, 3.8) is 0 Å². The first-order chi connectivity index (χ1) is 22.1. The lowest BCUT2D eigenvalue weighted by Crippen LogP contribution is -2.49. The molecular weight excluding hydrogens is 617 g/mol. The van der Waals surface area contributed by atoms with E-state index < -0.39 is 24.0 Å². The Morgan fingerprint density at radius 1 is 1.02 bits per heavy atom. The van der Waals surface area contributed by atoms with E-state index in [9.17, 15) is 26.7 Å². The van der Waals surface area contributed by atoms with Crippen LogP contribution in [0, 0.1) is 0 Å². The van der Waals surface area contributed by atoms with Gasteiger partial charge in [0.25, 0.3) is 0 Å². The molecule has 0 saturated heterocycles. The molecule has 18 heteroatoms. The van der Waals surface area contributed by atoms with Gasteiger partial charge in [-0.3, -0.25) is 9.88 Å².